The van der Waals surface area contributed by atoms with Gasteiger partial charge in [-0.2, -0.15) is 0 Å². The highest BCUT2D eigenvalue weighted by Gasteiger charge is 2.35. The van der Waals surface area contributed by atoms with Crippen LogP contribution in [0, 0.1) is 5.92 Å². The molecule has 92 valence electrons. The van der Waals surface area contributed by atoms with Crippen LogP contribution in [-0.4, -0.2) is 22.8 Å². The third-order valence-corrected chi connectivity index (χ3v) is 3.86. The lowest BCUT2D eigenvalue weighted by Crippen LogP contribution is -2.51. The molecule has 1 aliphatic heterocycles. The van der Waals surface area contributed by atoms with E-state index in [0.717, 1.165) is 13.0 Å². The van der Waals surface area contributed by atoms with Crippen LogP contribution in [0.1, 0.15) is 32.8 Å². The highest BCUT2D eigenvalue weighted by atomic mass is 16.1. The van der Waals surface area contributed by atoms with Gasteiger partial charge in [0.05, 0.1) is 6.04 Å². The second-order valence-electron chi connectivity index (χ2n) is 5.22. The van der Waals surface area contributed by atoms with Crippen LogP contribution in [0.25, 0.3) is 0 Å². The van der Waals surface area contributed by atoms with Crippen molar-refractivity contribution in [3.8, 4) is 0 Å². The maximum atomic E-state index is 12.0. The van der Waals surface area contributed by atoms with Crippen molar-refractivity contribution in [2.45, 2.75) is 45.8 Å². The lowest BCUT2D eigenvalue weighted by Gasteiger charge is -2.40. The van der Waals surface area contributed by atoms with Crippen molar-refractivity contribution in [3.63, 3.8) is 0 Å². The molecule has 0 saturated carbocycles. The number of carbonyl (C=O) groups excluding carboxylic acids is 1. The second kappa shape index (κ2) is 5.01. The number of likely N-dealkylation sites (tertiary alicyclic amines) is 1. The van der Waals surface area contributed by atoms with E-state index in [2.05, 4.69) is 43.0 Å². The molecule has 1 aromatic rings. The molecule has 0 spiro atoms. The first-order valence-corrected chi connectivity index (χ1v) is 6.43. The Balaban J connectivity index is 2.12. The van der Waals surface area contributed by atoms with Crippen LogP contribution in [0.2, 0.25) is 0 Å². The van der Waals surface area contributed by atoms with Crippen LogP contribution in [0.15, 0.2) is 30.3 Å². The largest absolute Gasteiger partial charge is 0.298 e. The van der Waals surface area contributed by atoms with Gasteiger partial charge < -0.3 is 0 Å². The van der Waals surface area contributed by atoms with Gasteiger partial charge in [0, 0.05) is 18.5 Å². The monoisotopic (exact) mass is 231 g/mol. The molecule has 1 aromatic carbocycles. The molecule has 1 aliphatic rings. The Morgan fingerprint density at radius 3 is 2.47 bits per heavy atom. The van der Waals surface area contributed by atoms with Crippen LogP contribution in [0.4, 0.5) is 0 Å². The molecule has 2 rings (SSSR count). The molecule has 1 heterocycles. The zero-order valence-electron chi connectivity index (χ0n) is 10.9. The first-order valence-electron chi connectivity index (χ1n) is 6.43. The number of piperidine rings is 1. The maximum Gasteiger partial charge on any atom is 0.152 e. The zero-order valence-corrected chi connectivity index (χ0v) is 10.9. The molecule has 1 fully saturated rings. The number of Topliss-reactive ketones (excluding diaryl/α,β-unsaturated/α-hetero) is 1. The molecular formula is C15H21NO. The van der Waals surface area contributed by atoms with Crippen LogP contribution < -0.4 is 0 Å². The molecule has 0 aromatic heterocycles. The minimum Gasteiger partial charge on any atom is -0.298 e. The van der Waals surface area contributed by atoms with Gasteiger partial charge >= 0.3 is 0 Å². The highest BCUT2D eigenvalue weighted by Crippen LogP contribution is 2.26. The van der Waals surface area contributed by atoms with Gasteiger partial charge in [-0.1, -0.05) is 37.3 Å². The van der Waals surface area contributed by atoms with E-state index in [4.69, 9.17) is 0 Å². The van der Waals surface area contributed by atoms with E-state index in [0.29, 0.717) is 11.8 Å². The lowest BCUT2D eigenvalue weighted by atomic mass is 9.87. The second-order valence-corrected chi connectivity index (χ2v) is 5.22. The summed E-state index contributed by atoms with van der Waals surface area (Å²) in [6.07, 6.45) is 0.982. The van der Waals surface area contributed by atoms with Crippen molar-refractivity contribution in [1.82, 2.24) is 4.90 Å². The van der Waals surface area contributed by atoms with Crippen LogP contribution in [0.3, 0.4) is 0 Å². The van der Waals surface area contributed by atoms with Gasteiger partial charge in [0.15, 0.2) is 5.78 Å². The van der Waals surface area contributed by atoms with Crippen molar-refractivity contribution in [3.05, 3.63) is 35.9 Å². The quantitative estimate of drug-likeness (QED) is 0.780. The number of hydrogen-bond acceptors (Lipinski definition) is 2. The Labute approximate surface area is 104 Å². The fraction of sp³-hybridized carbons (Fsp3) is 0.533. The summed E-state index contributed by atoms with van der Waals surface area (Å²) in [5.74, 6) is 0.603. The van der Waals surface area contributed by atoms with Crippen molar-refractivity contribution in [1.29, 1.82) is 0 Å². The van der Waals surface area contributed by atoms with Crippen LogP contribution in [-0.2, 0) is 11.3 Å². The zero-order chi connectivity index (χ0) is 12.4. The number of rotatable bonds is 2. The summed E-state index contributed by atoms with van der Waals surface area (Å²) >= 11 is 0. The lowest BCUT2D eigenvalue weighted by molar-refractivity contribution is -0.133. The number of carbonyl (C=O) groups is 1. The Hall–Kier alpha value is -1.15. The van der Waals surface area contributed by atoms with Gasteiger partial charge in [-0.3, -0.25) is 9.69 Å². The fourth-order valence-electron chi connectivity index (χ4n) is 2.81. The van der Waals surface area contributed by atoms with E-state index in [1.807, 2.05) is 13.0 Å². The molecule has 2 nitrogen and oxygen atoms in total. The SMILES string of the molecule is C[C@@H]1C(=O)[C@@H](C)C[C@H](C)N1Cc1ccccc1. The number of hydrogen-bond donors (Lipinski definition) is 0. The van der Waals surface area contributed by atoms with Gasteiger partial charge in [0.2, 0.25) is 0 Å². The molecule has 0 bridgehead atoms. The summed E-state index contributed by atoms with van der Waals surface area (Å²) in [6, 6.07) is 10.9. The van der Waals surface area contributed by atoms with Gasteiger partial charge in [-0.05, 0) is 25.8 Å². The summed E-state index contributed by atoms with van der Waals surface area (Å²) in [7, 11) is 0. The van der Waals surface area contributed by atoms with Crippen molar-refractivity contribution in [2.75, 3.05) is 0 Å². The number of ketones is 1. The molecule has 0 radical (unpaired) electrons. The maximum absolute atomic E-state index is 12.0. The topological polar surface area (TPSA) is 20.3 Å². The smallest absolute Gasteiger partial charge is 0.152 e. The molecule has 0 aliphatic carbocycles. The average Bonchev–Trinajstić information content (AvgIpc) is 2.33. The summed E-state index contributed by atoms with van der Waals surface area (Å²) < 4.78 is 0. The molecule has 2 heteroatoms. The normalized spacial score (nSPS) is 30.5. The third-order valence-electron chi connectivity index (χ3n) is 3.86. The van der Waals surface area contributed by atoms with E-state index in [-0.39, 0.29) is 12.0 Å². The molecule has 0 unspecified atom stereocenters. The number of benzene rings is 1. The first kappa shape index (κ1) is 12.3. The summed E-state index contributed by atoms with van der Waals surface area (Å²) in [6.45, 7) is 7.19. The standard InChI is InChI=1S/C15H21NO/c1-11-9-12(2)16(13(3)15(11)17)10-14-7-5-4-6-8-14/h4-8,11-13H,9-10H2,1-3H3/t11-,12-,13+/m0/s1. The Kier molecular flexibility index (Phi) is 3.63. The first-order chi connectivity index (χ1) is 8.09. The summed E-state index contributed by atoms with van der Waals surface area (Å²) in [5, 5.41) is 0. The van der Waals surface area contributed by atoms with Crippen molar-refractivity contribution < 1.29 is 4.79 Å². The van der Waals surface area contributed by atoms with Crippen LogP contribution in [0.5, 0.6) is 0 Å². The summed E-state index contributed by atoms with van der Waals surface area (Å²) in [5.41, 5.74) is 1.29. The fourth-order valence-corrected chi connectivity index (χ4v) is 2.81. The number of nitrogens with zero attached hydrogens (tertiary/aromatic N) is 1. The van der Waals surface area contributed by atoms with E-state index in [1.54, 1.807) is 0 Å². The Bertz CT molecular complexity index is 387. The van der Waals surface area contributed by atoms with E-state index >= 15 is 0 Å². The molecule has 0 N–H and O–H groups in total. The van der Waals surface area contributed by atoms with Gasteiger partial charge in [-0.15, -0.1) is 0 Å². The molecular weight excluding hydrogens is 210 g/mol. The predicted molar refractivity (Wildman–Crippen MR) is 69.7 cm³/mol. The molecule has 17 heavy (non-hydrogen) atoms. The van der Waals surface area contributed by atoms with E-state index in [9.17, 15) is 4.79 Å². The van der Waals surface area contributed by atoms with Gasteiger partial charge in [0.25, 0.3) is 0 Å². The Morgan fingerprint density at radius 2 is 1.82 bits per heavy atom. The minimum atomic E-state index is 0.0500. The van der Waals surface area contributed by atoms with Gasteiger partial charge in [-0.25, -0.2) is 0 Å². The average molecular weight is 231 g/mol. The van der Waals surface area contributed by atoms with Crippen molar-refractivity contribution in [2.24, 2.45) is 5.92 Å². The molecule has 1 saturated heterocycles. The van der Waals surface area contributed by atoms with E-state index < -0.39 is 0 Å². The molecule has 3 atom stereocenters. The van der Waals surface area contributed by atoms with Gasteiger partial charge in [0.1, 0.15) is 0 Å². The summed E-state index contributed by atoms with van der Waals surface area (Å²) in [4.78, 5) is 14.3. The molecule has 0 amide bonds. The van der Waals surface area contributed by atoms with Crippen molar-refractivity contribution >= 4 is 5.78 Å². The van der Waals surface area contributed by atoms with Crippen LogP contribution >= 0.6 is 0 Å². The van der Waals surface area contributed by atoms with E-state index in [1.165, 1.54) is 5.56 Å². The minimum absolute atomic E-state index is 0.0500. The third kappa shape index (κ3) is 2.58. The predicted octanol–water partition coefficient (Wildman–Crippen LogP) is 2.87. The highest BCUT2D eigenvalue weighted by molar-refractivity contribution is 5.86. The Morgan fingerprint density at radius 1 is 1.18 bits per heavy atom.